The molecule has 0 aliphatic heterocycles. The van der Waals surface area contributed by atoms with Crippen molar-refractivity contribution in [3.05, 3.63) is 40.3 Å². The number of aryl methyl sites for hydroxylation is 1. The number of methoxy groups -OCH3 is 1. The topological polar surface area (TPSA) is 42.1 Å². The van der Waals surface area contributed by atoms with E-state index in [0.717, 1.165) is 17.4 Å². The number of fused-ring (bicyclic) bond motifs is 1. The van der Waals surface area contributed by atoms with Gasteiger partial charge in [0, 0.05) is 6.20 Å². The molecule has 1 heterocycles. The predicted molar refractivity (Wildman–Crippen MR) is 60.5 cm³/mol. The minimum Gasteiger partial charge on any atom is -0.497 e. The van der Waals surface area contributed by atoms with E-state index in [0.29, 0.717) is 11.1 Å². The largest absolute Gasteiger partial charge is 0.497 e. The normalized spacial score (nSPS) is 10.5. The first-order chi connectivity index (χ1) is 7.26. The Balaban J connectivity index is 2.81. The molecule has 1 aromatic carbocycles. The van der Waals surface area contributed by atoms with Crippen LogP contribution >= 0.6 is 0 Å². The highest BCUT2D eigenvalue weighted by Gasteiger charge is 2.04. The Hall–Kier alpha value is -1.77. The number of hydrogen-bond acceptors (Lipinski definition) is 2. The minimum absolute atomic E-state index is 0.0684. The van der Waals surface area contributed by atoms with E-state index in [2.05, 4.69) is 11.9 Å². The molecular weight excluding hydrogens is 190 g/mol. The summed E-state index contributed by atoms with van der Waals surface area (Å²) in [7, 11) is 1.60. The van der Waals surface area contributed by atoms with Gasteiger partial charge in [-0.2, -0.15) is 0 Å². The minimum atomic E-state index is -0.0684. The quantitative estimate of drug-likeness (QED) is 0.812. The highest BCUT2D eigenvalue weighted by Crippen LogP contribution is 2.20. The van der Waals surface area contributed by atoms with Crippen molar-refractivity contribution >= 4 is 10.8 Å². The van der Waals surface area contributed by atoms with Crippen molar-refractivity contribution in [1.29, 1.82) is 0 Å². The first-order valence-corrected chi connectivity index (χ1v) is 4.94. The monoisotopic (exact) mass is 203 g/mol. The molecule has 0 atom stereocenters. The van der Waals surface area contributed by atoms with Crippen molar-refractivity contribution < 1.29 is 4.74 Å². The SMILES string of the molecule is CCc1c[nH]c(=O)c2cc(OC)ccc12. The summed E-state index contributed by atoms with van der Waals surface area (Å²) in [5, 5.41) is 1.69. The lowest BCUT2D eigenvalue weighted by Crippen LogP contribution is -2.07. The fourth-order valence-corrected chi connectivity index (χ4v) is 1.72. The lowest BCUT2D eigenvalue weighted by Gasteiger charge is -2.05. The molecule has 0 amide bonds. The van der Waals surface area contributed by atoms with Gasteiger partial charge in [0.15, 0.2) is 0 Å². The maximum Gasteiger partial charge on any atom is 0.255 e. The summed E-state index contributed by atoms with van der Waals surface area (Å²) in [6, 6.07) is 5.58. The average molecular weight is 203 g/mol. The van der Waals surface area contributed by atoms with Gasteiger partial charge in [-0.05, 0) is 29.5 Å². The van der Waals surface area contributed by atoms with Gasteiger partial charge in [-0.1, -0.05) is 13.0 Å². The van der Waals surface area contributed by atoms with E-state index in [-0.39, 0.29) is 5.56 Å². The maximum absolute atomic E-state index is 11.6. The zero-order valence-corrected chi connectivity index (χ0v) is 8.83. The summed E-state index contributed by atoms with van der Waals surface area (Å²) in [6.45, 7) is 2.07. The van der Waals surface area contributed by atoms with Crippen molar-refractivity contribution in [3.8, 4) is 5.75 Å². The van der Waals surface area contributed by atoms with Gasteiger partial charge in [-0.25, -0.2) is 0 Å². The summed E-state index contributed by atoms with van der Waals surface area (Å²) >= 11 is 0. The lowest BCUT2D eigenvalue weighted by molar-refractivity contribution is 0.415. The van der Waals surface area contributed by atoms with E-state index in [1.165, 1.54) is 0 Å². The second kappa shape index (κ2) is 3.77. The van der Waals surface area contributed by atoms with Crippen LogP contribution < -0.4 is 10.3 Å². The van der Waals surface area contributed by atoms with Crippen molar-refractivity contribution in [1.82, 2.24) is 4.98 Å². The van der Waals surface area contributed by atoms with Crippen molar-refractivity contribution in [2.24, 2.45) is 0 Å². The molecule has 3 nitrogen and oxygen atoms in total. The van der Waals surface area contributed by atoms with E-state index in [4.69, 9.17) is 4.74 Å². The van der Waals surface area contributed by atoms with Gasteiger partial charge in [0.05, 0.1) is 12.5 Å². The number of rotatable bonds is 2. The third kappa shape index (κ3) is 1.61. The summed E-state index contributed by atoms with van der Waals surface area (Å²) in [4.78, 5) is 14.3. The van der Waals surface area contributed by atoms with Crippen LogP contribution in [0.4, 0.5) is 0 Å². The Morgan fingerprint density at radius 1 is 1.33 bits per heavy atom. The molecule has 15 heavy (non-hydrogen) atoms. The summed E-state index contributed by atoms with van der Waals surface area (Å²) in [6.07, 6.45) is 2.68. The molecule has 2 aromatic rings. The van der Waals surface area contributed by atoms with Gasteiger partial charge < -0.3 is 9.72 Å². The van der Waals surface area contributed by atoms with E-state index in [9.17, 15) is 4.79 Å². The van der Waals surface area contributed by atoms with Crippen LogP contribution in [-0.2, 0) is 6.42 Å². The van der Waals surface area contributed by atoms with Crippen molar-refractivity contribution in [2.45, 2.75) is 13.3 Å². The molecule has 2 rings (SSSR count). The van der Waals surface area contributed by atoms with Crippen molar-refractivity contribution in [3.63, 3.8) is 0 Å². The molecule has 1 aromatic heterocycles. The van der Waals surface area contributed by atoms with E-state index >= 15 is 0 Å². The number of pyridine rings is 1. The highest BCUT2D eigenvalue weighted by atomic mass is 16.5. The number of benzene rings is 1. The Labute approximate surface area is 87.7 Å². The molecule has 0 aliphatic carbocycles. The number of nitrogens with one attached hydrogen (secondary N) is 1. The summed E-state index contributed by atoms with van der Waals surface area (Å²) in [5.41, 5.74) is 1.08. The molecule has 0 bridgehead atoms. The van der Waals surface area contributed by atoms with Gasteiger partial charge in [0.25, 0.3) is 5.56 Å². The smallest absolute Gasteiger partial charge is 0.255 e. The van der Waals surface area contributed by atoms with Crippen LogP contribution in [0.2, 0.25) is 0 Å². The van der Waals surface area contributed by atoms with E-state index in [1.807, 2.05) is 12.1 Å². The van der Waals surface area contributed by atoms with Gasteiger partial charge in [0.1, 0.15) is 5.75 Å². The Morgan fingerprint density at radius 3 is 2.80 bits per heavy atom. The molecule has 0 saturated carbocycles. The second-order valence-corrected chi connectivity index (χ2v) is 3.41. The first kappa shape index (κ1) is 9.77. The molecule has 0 radical (unpaired) electrons. The maximum atomic E-state index is 11.6. The molecule has 78 valence electrons. The Kier molecular flexibility index (Phi) is 2.46. The number of aromatic nitrogens is 1. The van der Waals surface area contributed by atoms with Crippen LogP contribution in [0.3, 0.4) is 0 Å². The molecule has 1 N–H and O–H groups in total. The summed E-state index contributed by atoms with van der Waals surface area (Å²) in [5.74, 6) is 0.709. The lowest BCUT2D eigenvalue weighted by atomic mass is 10.1. The van der Waals surface area contributed by atoms with Gasteiger partial charge in [-0.15, -0.1) is 0 Å². The molecule has 0 saturated heterocycles. The van der Waals surface area contributed by atoms with Crippen LogP contribution in [0.1, 0.15) is 12.5 Å². The van der Waals surface area contributed by atoms with E-state index < -0.39 is 0 Å². The molecule has 0 aliphatic rings. The number of ether oxygens (including phenoxy) is 1. The fraction of sp³-hybridized carbons (Fsp3) is 0.250. The number of hydrogen-bond donors (Lipinski definition) is 1. The zero-order chi connectivity index (χ0) is 10.8. The number of H-pyrrole nitrogens is 1. The Bertz CT molecular complexity index is 543. The van der Waals surface area contributed by atoms with Crippen LogP contribution in [0, 0.1) is 0 Å². The van der Waals surface area contributed by atoms with Crippen LogP contribution in [0.25, 0.3) is 10.8 Å². The number of aromatic amines is 1. The van der Waals surface area contributed by atoms with Crippen molar-refractivity contribution in [2.75, 3.05) is 7.11 Å². The summed E-state index contributed by atoms with van der Waals surface area (Å²) < 4.78 is 5.10. The van der Waals surface area contributed by atoms with Crippen LogP contribution in [0.15, 0.2) is 29.2 Å². The molecule has 0 unspecified atom stereocenters. The first-order valence-electron chi connectivity index (χ1n) is 4.94. The second-order valence-electron chi connectivity index (χ2n) is 3.41. The van der Waals surface area contributed by atoms with Gasteiger partial charge in [0.2, 0.25) is 0 Å². The average Bonchev–Trinajstić information content (AvgIpc) is 2.29. The van der Waals surface area contributed by atoms with E-state index in [1.54, 1.807) is 19.4 Å². The molecule has 3 heteroatoms. The zero-order valence-electron chi connectivity index (χ0n) is 8.83. The Morgan fingerprint density at radius 2 is 2.13 bits per heavy atom. The highest BCUT2D eigenvalue weighted by molar-refractivity contribution is 5.85. The van der Waals surface area contributed by atoms with Gasteiger partial charge >= 0.3 is 0 Å². The predicted octanol–water partition coefficient (Wildman–Crippen LogP) is 2.10. The molecule has 0 fully saturated rings. The molecular formula is C12H13NO2. The van der Waals surface area contributed by atoms with Gasteiger partial charge in [-0.3, -0.25) is 4.79 Å². The standard InChI is InChI=1S/C12H13NO2/c1-3-8-7-13-12(14)11-6-9(15-2)4-5-10(8)11/h4-7H,3H2,1-2H3,(H,13,14). The van der Waals surface area contributed by atoms with Crippen LogP contribution in [-0.4, -0.2) is 12.1 Å². The molecule has 0 spiro atoms. The van der Waals surface area contributed by atoms with Crippen LogP contribution in [0.5, 0.6) is 5.75 Å². The fourth-order valence-electron chi connectivity index (χ4n) is 1.72. The third-order valence-electron chi connectivity index (χ3n) is 2.58. The third-order valence-corrected chi connectivity index (χ3v) is 2.58.